The van der Waals surface area contributed by atoms with Crippen LogP contribution in [0.3, 0.4) is 0 Å². The predicted octanol–water partition coefficient (Wildman–Crippen LogP) is 3.25. The van der Waals surface area contributed by atoms with Crippen LogP contribution in [0.25, 0.3) is 0 Å². The number of anilines is 3. The summed E-state index contributed by atoms with van der Waals surface area (Å²) in [6.07, 6.45) is 4.46. The van der Waals surface area contributed by atoms with Crippen LogP contribution in [-0.2, 0) is 4.74 Å². The Bertz CT molecular complexity index is 941. The average molecular weight is 425 g/mol. The average Bonchev–Trinajstić information content (AvgIpc) is 2.74. The van der Waals surface area contributed by atoms with E-state index in [1.807, 2.05) is 39.8 Å². The van der Waals surface area contributed by atoms with Crippen molar-refractivity contribution in [1.29, 1.82) is 5.26 Å². The van der Waals surface area contributed by atoms with Crippen molar-refractivity contribution in [2.45, 2.75) is 46.1 Å². The fraction of sp³-hybridized carbons (Fsp3) is 0.524. The van der Waals surface area contributed by atoms with Crippen LogP contribution in [0.15, 0.2) is 18.5 Å². The van der Waals surface area contributed by atoms with Crippen LogP contribution < -0.4 is 10.6 Å². The third-order valence-corrected chi connectivity index (χ3v) is 4.85. The standard InChI is InChI=1S/C21H28N8O2/c1-14-17(9-18(28-27-14)26-19-13-23-16(10-22)12-25-19)24-11-15-5-7-29(8-6-15)20(30)31-21(2,3)4/h9,12-13,15H,5-8,11H2,1-4H3,(H2,24,25,26,28). The summed E-state index contributed by atoms with van der Waals surface area (Å²) in [6.45, 7) is 9.70. The second kappa shape index (κ2) is 9.55. The summed E-state index contributed by atoms with van der Waals surface area (Å²) in [5.74, 6) is 1.47. The predicted molar refractivity (Wildman–Crippen MR) is 116 cm³/mol. The summed E-state index contributed by atoms with van der Waals surface area (Å²) in [7, 11) is 0. The third-order valence-electron chi connectivity index (χ3n) is 4.85. The normalized spacial score (nSPS) is 14.6. The summed E-state index contributed by atoms with van der Waals surface area (Å²) in [6, 6.07) is 3.81. The lowest BCUT2D eigenvalue weighted by molar-refractivity contribution is 0.0188. The van der Waals surface area contributed by atoms with Crippen molar-refractivity contribution in [3.63, 3.8) is 0 Å². The molecule has 164 valence electrons. The van der Waals surface area contributed by atoms with Gasteiger partial charge in [0.25, 0.3) is 0 Å². The van der Waals surface area contributed by atoms with Crippen molar-refractivity contribution in [1.82, 2.24) is 25.1 Å². The maximum atomic E-state index is 12.2. The molecule has 31 heavy (non-hydrogen) atoms. The van der Waals surface area contributed by atoms with Gasteiger partial charge in [-0.25, -0.2) is 14.8 Å². The molecule has 3 rings (SSSR count). The lowest BCUT2D eigenvalue weighted by Gasteiger charge is -2.33. The molecule has 1 amide bonds. The van der Waals surface area contributed by atoms with E-state index in [0.717, 1.165) is 30.8 Å². The third kappa shape index (κ3) is 6.50. The number of nitrogens with one attached hydrogen (secondary N) is 2. The molecule has 3 heterocycles. The number of hydrogen-bond donors (Lipinski definition) is 2. The summed E-state index contributed by atoms with van der Waals surface area (Å²) in [5.41, 5.74) is 1.45. The smallest absolute Gasteiger partial charge is 0.410 e. The Morgan fingerprint density at radius 1 is 1.23 bits per heavy atom. The minimum atomic E-state index is -0.476. The van der Waals surface area contributed by atoms with Gasteiger partial charge >= 0.3 is 6.09 Å². The van der Waals surface area contributed by atoms with Gasteiger partial charge < -0.3 is 20.3 Å². The first-order valence-electron chi connectivity index (χ1n) is 10.3. The quantitative estimate of drug-likeness (QED) is 0.743. The molecule has 2 aromatic heterocycles. The molecule has 2 aromatic rings. The SMILES string of the molecule is Cc1nnc(Nc2cnc(C#N)cn2)cc1NCC1CCN(C(=O)OC(C)(C)C)CC1. The molecule has 2 N–H and O–H groups in total. The molecule has 0 bridgehead atoms. The van der Waals surface area contributed by atoms with Gasteiger partial charge in [0.05, 0.1) is 23.8 Å². The minimum Gasteiger partial charge on any atom is -0.444 e. The summed E-state index contributed by atoms with van der Waals surface area (Å²) < 4.78 is 5.46. The van der Waals surface area contributed by atoms with Gasteiger partial charge in [-0.05, 0) is 46.5 Å². The number of carbonyl (C=O) groups is 1. The van der Waals surface area contributed by atoms with E-state index >= 15 is 0 Å². The van der Waals surface area contributed by atoms with Crippen molar-refractivity contribution in [3.05, 3.63) is 29.8 Å². The molecule has 0 radical (unpaired) electrons. The highest BCUT2D eigenvalue weighted by Gasteiger charge is 2.26. The highest BCUT2D eigenvalue weighted by atomic mass is 16.6. The maximum Gasteiger partial charge on any atom is 0.410 e. The molecule has 0 unspecified atom stereocenters. The number of aromatic nitrogens is 4. The molecule has 0 saturated carbocycles. The first kappa shape index (κ1) is 22.2. The molecule has 10 nitrogen and oxygen atoms in total. The number of rotatable bonds is 5. The van der Waals surface area contributed by atoms with E-state index in [-0.39, 0.29) is 11.8 Å². The number of nitrogens with zero attached hydrogens (tertiary/aromatic N) is 6. The van der Waals surface area contributed by atoms with E-state index < -0.39 is 5.60 Å². The van der Waals surface area contributed by atoms with Crippen LogP contribution in [0.4, 0.5) is 22.1 Å². The maximum absolute atomic E-state index is 12.2. The number of carbonyl (C=O) groups excluding carboxylic acids is 1. The van der Waals surface area contributed by atoms with Gasteiger partial charge in [-0.15, -0.1) is 5.10 Å². The number of hydrogen-bond acceptors (Lipinski definition) is 9. The van der Waals surface area contributed by atoms with Crippen LogP contribution in [0.1, 0.15) is 45.0 Å². The summed E-state index contributed by atoms with van der Waals surface area (Å²) in [5, 5.41) is 23.6. The lowest BCUT2D eigenvalue weighted by atomic mass is 9.97. The van der Waals surface area contributed by atoms with Gasteiger partial charge in [0.1, 0.15) is 17.5 Å². The lowest BCUT2D eigenvalue weighted by Crippen LogP contribution is -2.42. The van der Waals surface area contributed by atoms with E-state index in [2.05, 4.69) is 30.8 Å². The van der Waals surface area contributed by atoms with E-state index in [1.54, 1.807) is 4.90 Å². The Balaban J connectivity index is 1.52. The first-order chi connectivity index (χ1) is 14.7. The van der Waals surface area contributed by atoms with Gasteiger partial charge in [-0.1, -0.05) is 0 Å². The molecule has 1 aliphatic rings. The Labute approximate surface area is 182 Å². The Hall–Kier alpha value is -3.48. The van der Waals surface area contributed by atoms with Crippen LogP contribution in [0.2, 0.25) is 0 Å². The fourth-order valence-electron chi connectivity index (χ4n) is 3.17. The van der Waals surface area contributed by atoms with Crippen LogP contribution in [0, 0.1) is 24.2 Å². The molecule has 0 aliphatic carbocycles. The van der Waals surface area contributed by atoms with Gasteiger partial charge in [-0.3, -0.25) is 0 Å². The number of piperidine rings is 1. The largest absolute Gasteiger partial charge is 0.444 e. The van der Waals surface area contributed by atoms with Crippen molar-refractivity contribution < 1.29 is 9.53 Å². The Morgan fingerprint density at radius 2 is 1.97 bits per heavy atom. The van der Waals surface area contributed by atoms with E-state index in [4.69, 9.17) is 10.00 Å². The molecule has 0 atom stereocenters. The number of likely N-dealkylation sites (tertiary alicyclic amines) is 1. The second-order valence-electron chi connectivity index (χ2n) is 8.54. The number of aryl methyl sites for hydroxylation is 1. The molecule has 1 fully saturated rings. The van der Waals surface area contributed by atoms with Gasteiger partial charge in [-0.2, -0.15) is 10.4 Å². The summed E-state index contributed by atoms with van der Waals surface area (Å²) in [4.78, 5) is 22.1. The Kier molecular flexibility index (Phi) is 6.84. The van der Waals surface area contributed by atoms with Crippen LogP contribution in [-0.4, -0.2) is 56.4 Å². The Morgan fingerprint density at radius 3 is 2.58 bits per heavy atom. The molecule has 1 aliphatic heterocycles. The van der Waals surface area contributed by atoms with Crippen molar-refractivity contribution in [3.8, 4) is 6.07 Å². The number of ether oxygens (including phenoxy) is 1. The molecule has 10 heteroatoms. The van der Waals surface area contributed by atoms with E-state index in [9.17, 15) is 4.79 Å². The van der Waals surface area contributed by atoms with Crippen molar-refractivity contribution >= 4 is 23.4 Å². The zero-order valence-electron chi connectivity index (χ0n) is 18.3. The van der Waals surface area contributed by atoms with Gasteiger partial charge in [0, 0.05) is 25.7 Å². The molecule has 0 spiro atoms. The zero-order valence-corrected chi connectivity index (χ0v) is 18.3. The van der Waals surface area contributed by atoms with E-state index in [0.29, 0.717) is 30.6 Å². The zero-order chi connectivity index (χ0) is 22.4. The molecular weight excluding hydrogens is 396 g/mol. The van der Waals surface area contributed by atoms with Gasteiger partial charge in [0.2, 0.25) is 0 Å². The molecule has 1 saturated heterocycles. The molecule has 0 aromatic carbocycles. The first-order valence-corrected chi connectivity index (χ1v) is 10.3. The number of amides is 1. The van der Waals surface area contributed by atoms with Crippen molar-refractivity contribution in [2.75, 3.05) is 30.3 Å². The number of nitriles is 1. The topological polar surface area (TPSA) is 129 Å². The molecular formula is C21H28N8O2. The highest BCUT2D eigenvalue weighted by molar-refractivity contribution is 5.68. The highest BCUT2D eigenvalue weighted by Crippen LogP contribution is 2.22. The minimum absolute atomic E-state index is 0.241. The second-order valence-corrected chi connectivity index (χ2v) is 8.54. The fourth-order valence-corrected chi connectivity index (χ4v) is 3.17. The van der Waals surface area contributed by atoms with Gasteiger partial charge in [0.15, 0.2) is 11.5 Å². The van der Waals surface area contributed by atoms with Crippen LogP contribution >= 0.6 is 0 Å². The van der Waals surface area contributed by atoms with Crippen LogP contribution in [0.5, 0.6) is 0 Å². The summed E-state index contributed by atoms with van der Waals surface area (Å²) >= 11 is 0. The monoisotopic (exact) mass is 424 g/mol. The van der Waals surface area contributed by atoms with E-state index in [1.165, 1.54) is 12.4 Å². The van der Waals surface area contributed by atoms with Crippen molar-refractivity contribution in [2.24, 2.45) is 5.92 Å².